The van der Waals surface area contributed by atoms with Gasteiger partial charge >= 0.3 is 5.43 Å². The summed E-state index contributed by atoms with van der Waals surface area (Å²) in [6, 6.07) is 3.57. The molecule has 0 aromatic heterocycles. The van der Waals surface area contributed by atoms with Crippen molar-refractivity contribution >= 4 is 17.0 Å². The summed E-state index contributed by atoms with van der Waals surface area (Å²) in [5.74, 6) is 1.23. The lowest BCUT2D eigenvalue weighted by Gasteiger charge is -2.12. The molecule has 0 aliphatic heterocycles. The maximum absolute atomic E-state index is 10.5. The fraction of sp³-hybridized carbons (Fsp3) is 0.364. The van der Waals surface area contributed by atoms with Crippen LogP contribution in [0.15, 0.2) is 12.1 Å². The van der Waals surface area contributed by atoms with Gasteiger partial charge < -0.3 is 14.2 Å². The van der Waals surface area contributed by atoms with Gasteiger partial charge in [-0.3, -0.25) is 0 Å². The summed E-state index contributed by atoms with van der Waals surface area (Å²) >= 11 is 5.10. The molecule has 1 aromatic carbocycles. The third-order valence-corrected chi connectivity index (χ3v) is 2.29. The first-order valence-electron chi connectivity index (χ1n) is 4.62. The van der Waals surface area contributed by atoms with Crippen molar-refractivity contribution in [2.24, 2.45) is 0 Å². The average Bonchev–Trinajstić information content (AvgIpc) is 2.26. The van der Waals surface area contributed by atoms with Gasteiger partial charge in [-0.1, -0.05) is 0 Å². The lowest BCUT2D eigenvalue weighted by Crippen LogP contribution is -1.99. The van der Waals surface area contributed by atoms with E-state index in [0.29, 0.717) is 11.5 Å². The molecular formula is C11H13ClO4. The third-order valence-electron chi connectivity index (χ3n) is 2.18. The molecule has 0 atom stereocenters. The van der Waals surface area contributed by atoms with Gasteiger partial charge in [0.05, 0.1) is 14.2 Å². The molecule has 16 heavy (non-hydrogen) atoms. The third kappa shape index (κ3) is 3.03. The summed E-state index contributed by atoms with van der Waals surface area (Å²) in [4.78, 5) is 10.5. The maximum atomic E-state index is 10.5. The van der Waals surface area contributed by atoms with Crippen molar-refractivity contribution in [3.8, 4) is 11.5 Å². The molecule has 0 amide bonds. The molecule has 5 heteroatoms. The standard InChI is InChI=1S/C11H13ClO4/c1-7-4-9(14-2)10(15-3)5-8(7)6-16-11(12)13/h4-5H,6H2,1-3H3. The van der Waals surface area contributed by atoms with Gasteiger partial charge in [0.1, 0.15) is 6.61 Å². The number of hydrogen-bond donors (Lipinski definition) is 0. The minimum Gasteiger partial charge on any atom is -0.493 e. The minimum atomic E-state index is -0.825. The number of carbonyl (C=O) groups is 1. The van der Waals surface area contributed by atoms with Gasteiger partial charge in [-0.2, -0.15) is 0 Å². The van der Waals surface area contributed by atoms with Crippen LogP contribution in [0.2, 0.25) is 0 Å². The number of aryl methyl sites for hydroxylation is 1. The highest BCUT2D eigenvalue weighted by Gasteiger charge is 2.09. The van der Waals surface area contributed by atoms with Gasteiger partial charge in [0.2, 0.25) is 0 Å². The van der Waals surface area contributed by atoms with Crippen LogP contribution < -0.4 is 9.47 Å². The van der Waals surface area contributed by atoms with Crippen LogP contribution in [0.4, 0.5) is 4.79 Å². The highest BCUT2D eigenvalue weighted by atomic mass is 35.5. The van der Waals surface area contributed by atoms with Crippen LogP contribution in [0, 0.1) is 6.92 Å². The maximum Gasteiger partial charge on any atom is 0.404 e. The van der Waals surface area contributed by atoms with E-state index in [4.69, 9.17) is 25.8 Å². The van der Waals surface area contributed by atoms with E-state index in [1.54, 1.807) is 20.3 Å². The summed E-state index contributed by atoms with van der Waals surface area (Å²) in [6.45, 7) is 2.01. The zero-order chi connectivity index (χ0) is 12.1. The van der Waals surface area contributed by atoms with Crippen molar-refractivity contribution in [1.29, 1.82) is 0 Å². The van der Waals surface area contributed by atoms with Crippen LogP contribution in [-0.2, 0) is 11.3 Å². The quantitative estimate of drug-likeness (QED) is 0.764. The van der Waals surface area contributed by atoms with E-state index in [0.717, 1.165) is 11.1 Å². The molecule has 0 spiro atoms. The molecule has 0 radical (unpaired) electrons. The molecule has 0 saturated heterocycles. The molecule has 4 nitrogen and oxygen atoms in total. The first-order valence-corrected chi connectivity index (χ1v) is 5.00. The Labute approximate surface area is 99.1 Å². The molecule has 0 N–H and O–H groups in total. The molecule has 0 fully saturated rings. The summed E-state index contributed by atoms with van der Waals surface area (Å²) in [5.41, 5.74) is 0.941. The van der Waals surface area contributed by atoms with Crippen molar-refractivity contribution in [3.05, 3.63) is 23.3 Å². The van der Waals surface area contributed by atoms with Crippen LogP contribution in [-0.4, -0.2) is 19.6 Å². The SMILES string of the molecule is COc1cc(C)c(COC(=O)Cl)cc1OC. The number of hydrogen-bond acceptors (Lipinski definition) is 4. The van der Waals surface area contributed by atoms with Gasteiger partial charge in [0.25, 0.3) is 0 Å². The van der Waals surface area contributed by atoms with Gasteiger partial charge in [-0.25, -0.2) is 4.79 Å². The second kappa shape index (κ2) is 5.61. The number of halogens is 1. The van der Waals surface area contributed by atoms with E-state index in [1.165, 1.54) is 0 Å². The number of benzene rings is 1. The molecule has 0 unspecified atom stereocenters. The van der Waals surface area contributed by atoms with Crippen molar-refractivity contribution < 1.29 is 19.0 Å². The summed E-state index contributed by atoms with van der Waals surface area (Å²) in [5, 5.41) is 0. The molecule has 1 aromatic rings. The van der Waals surface area contributed by atoms with Crippen LogP contribution in [0.25, 0.3) is 0 Å². The molecule has 1 rings (SSSR count). The van der Waals surface area contributed by atoms with Gasteiger partial charge in [0, 0.05) is 11.6 Å². The topological polar surface area (TPSA) is 44.8 Å². The molecule has 0 aliphatic rings. The van der Waals surface area contributed by atoms with E-state index in [2.05, 4.69) is 0 Å². The van der Waals surface area contributed by atoms with Crippen molar-refractivity contribution in [2.75, 3.05) is 14.2 Å². The fourth-order valence-corrected chi connectivity index (χ4v) is 1.37. The number of ether oxygens (including phenoxy) is 3. The molecule has 0 bridgehead atoms. The predicted molar refractivity (Wildman–Crippen MR) is 60.3 cm³/mol. The summed E-state index contributed by atoms with van der Waals surface area (Å²) in [6.07, 6.45) is 0. The zero-order valence-electron chi connectivity index (χ0n) is 9.37. The Kier molecular flexibility index (Phi) is 4.43. The van der Waals surface area contributed by atoms with Crippen molar-refractivity contribution in [2.45, 2.75) is 13.5 Å². The Morgan fingerprint density at radius 1 is 1.25 bits per heavy atom. The van der Waals surface area contributed by atoms with Gasteiger partial charge in [-0.05, 0) is 30.2 Å². The predicted octanol–water partition coefficient (Wildman–Crippen LogP) is 2.89. The van der Waals surface area contributed by atoms with E-state index in [-0.39, 0.29) is 6.61 Å². The van der Waals surface area contributed by atoms with Gasteiger partial charge in [-0.15, -0.1) is 0 Å². The molecule has 0 saturated carbocycles. The van der Waals surface area contributed by atoms with Crippen molar-refractivity contribution in [3.63, 3.8) is 0 Å². The second-order valence-corrected chi connectivity index (χ2v) is 3.47. The second-order valence-electron chi connectivity index (χ2n) is 3.16. The lowest BCUT2D eigenvalue weighted by atomic mass is 10.1. The summed E-state index contributed by atoms with van der Waals surface area (Å²) < 4.78 is 15.0. The first-order chi connectivity index (χ1) is 7.58. The first kappa shape index (κ1) is 12.6. The summed E-state index contributed by atoms with van der Waals surface area (Å²) in [7, 11) is 3.11. The average molecular weight is 245 g/mol. The van der Waals surface area contributed by atoms with E-state index in [9.17, 15) is 4.79 Å². The Bertz CT molecular complexity index is 390. The van der Waals surface area contributed by atoms with E-state index >= 15 is 0 Å². The monoisotopic (exact) mass is 244 g/mol. The number of rotatable bonds is 4. The van der Waals surface area contributed by atoms with Crippen LogP contribution in [0.5, 0.6) is 11.5 Å². The highest BCUT2D eigenvalue weighted by Crippen LogP contribution is 2.30. The Morgan fingerprint density at radius 2 is 1.81 bits per heavy atom. The van der Waals surface area contributed by atoms with E-state index < -0.39 is 5.43 Å². The lowest BCUT2D eigenvalue weighted by molar-refractivity contribution is 0.166. The smallest absolute Gasteiger partial charge is 0.404 e. The highest BCUT2D eigenvalue weighted by molar-refractivity contribution is 6.61. The largest absolute Gasteiger partial charge is 0.493 e. The minimum absolute atomic E-state index is 0.120. The van der Waals surface area contributed by atoms with Crippen LogP contribution in [0.1, 0.15) is 11.1 Å². The Hall–Kier alpha value is -1.42. The van der Waals surface area contributed by atoms with Crippen LogP contribution in [0.3, 0.4) is 0 Å². The normalized spacial score (nSPS) is 9.75. The number of carbonyl (C=O) groups excluding carboxylic acids is 1. The van der Waals surface area contributed by atoms with Gasteiger partial charge in [0.15, 0.2) is 11.5 Å². The van der Waals surface area contributed by atoms with Crippen molar-refractivity contribution in [1.82, 2.24) is 0 Å². The molecule has 0 aliphatic carbocycles. The Morgan fingerprint density at radius 3 is 2.31 bits per heavy atom. The van der Waals surface area contributed by atoms with Crippen LogP contribution >= 0.6 is 11.6 Å². The number of methoxy groups -OCH3 is 2. The molecule has 88 valence electrons. The molecule has 0 heterocycles. The zero-order valence-corrected chi connectivity index (χ0v) is 10.1. The Balaban J connectivity index is 2.96. The van der Waals surface area contributed by atoms with E-state index in [1.807, 2.05) is 13.0 Å². The molecular weight excluding hydrogens is 232 g/mol. The fourth-order valence-electron chi connectivity index (χ4n) is 1.31.